The highest BCUT2D eigenvalue weighted by Crippen LogP contribution is 2.23. The van der Waals surface area contributed by atoms with Crippen molar-refractivity contribution in [3.8, 4) is 5.75 Å². The minimum absolute atomic E-state index is 0.601. The third-order valence-electron chi connectivity index (χ3n) is 3.01. The van der Waals surface area contributed by atoms with E-state index < -0.39 is 0 Å². The lowest BCUT2D eigenvalue weighted by Crippen LogP contribution is -2.14. The van der Waals surface area contributed by atoms with E-state index in [1.807, 2.05) is 30.3 Å². The number of nitrogens with one attached hydrogen (secondary N) is 1. The first-order valence-corrected chi connectivity index (χ1v) is 7.74. The first kappa shape index (κ1) is 15.1. The molecule has 0 radical (unpaired) electrons. The maximum Gasteiger partial charge on any atom is 0.120 e. The van der Waals surface area contributed by atoms with Crippen LogP contribution in [0.3, 0.4) is 0 Å². The van der Waals surface area contributed by atoms with E-state index in [0.717, 1.165) is 29.7 Å². The number of hydrogen-bond acceptors (Lipinski definition) is 2. The van der Waals surface area contributed by atoms with E-state index in [-0.39, 0.29) is 0 Å². The smallest absolute Gasteiger partial charge is 0.120 e. The average molecular weight is 334 g/mol. The molecular formula is C17H20BrNO. The molecule has 0 atom stereocenters. The van der Waals surface area contributed by atoms with Gasteiger partial charge in [-0.25, -0.2) is 0 Å². The summed E-state index contributed by atoms with van der Waals surface area (Å²) in [6.45, 7) is 4.66. The lowest BCUT2D eigenvalue weighted by molar-refractivity contribution is 0.306. The first-order chi connectivity index (χ1) is 9.79. The third kappa shape index (κ3) is 4.66. The molecule has 2 rings (SSSR count). The third-order valence-corrected chi connectivity index (χ3v) is 3.78. The van der Waals surface area contributed by atoms with E-state index in [0.29, 0.717) is 6.61 Å². The molecule has 0 fully saturated rings. The zero-order valence-corrected chi connectivity index (χ0v) is 13.3. The second-order valence-corrected chi connectivity index (χ2v) is 5.56. The van der Waals surface area contributed by atoms with Crippen molar-refractivity contribution in [2.75, 3.05) is 6.54 Å². The minimum atomic E-state index is 0.601. The molecular weight excluding hydrogens is 314 g/mol. The van der Waals surface area contributed by atoms with E-state index in [4.69, 9.17) is 4.74 Å². The number of ether oxygens (including phenoxy) is 1. The van der Waals surface area contributed by atoms with Crippen LogP contribution in [0.5, 0.6) is 5.75 Å². The van der Waals surface area contributed by atoms with Crippen LogP contribution in [0.4, 0.5) is 0 Å². The SMILES string of the molecule is CCCNCc1cc(OCc2ccccc2)ccc1Br. The molecule has 2 aromatic rings. The zero-order chi connectivity index (χ0) is 14.2. The Morgan fingerprint density at radius 1 is 1.10 bits per heavy atom. The fourth-order valence-electron chi connectivity index (χ4n) is 1.92. The second-order valence-electron chi connectivity index (χ2n) is 4.70. The molecule has 0 unspecified atom stereocenters. The Hall–Kier alpha value is -1.32. The van der Waals surface area contributed by atoms with Gasteiger partial charge < -0.3 is 10.1 Å². The summed E-state index contributed by atoms with van der Waals surface area (Å²) in [6, 6.07) is 16.3. The van der Waals surface area contributed by atoms with Crippen LogP contribution in [0.15, 0.2) is 53.0 Å². The molecule has 0 aliphatic carbocycles. The fraction of sp³-hybridized carbons (Fsp3) is 0.294. The van der Waals surface area contributed by atoms with Crippen LogP contribution in [0.1, 0.15) is 24.5 Å². The van der Waals surface area contributed by atoms with Gasteiger partial charge in [-0.15, -0.1) is 0 Å². The van der Waals surface area contributed by atoms with Crippen LogP contribution in [0.25, 0.3) is 0 Å². The van der Waals surface area contributed by atoms with Crippen LogP contribution < -0.4 is 10.1 Å². The van der Waals surface area contributed by atoms with Crippen molar-refractivity contribution in [3.63, 3.8) is 0 Å². The topological polar surface area (TPSA) is 21.3 Å². The summed E-state index contributed by atoms with van der Waals surface area (Å²) >= 11 is 3.58. The van der Waals surface area contributed by atoms with Gasteiger partial charge in [-0.2, -0.15) is 0 Å². The monoisotopic (exact) mass is 333 g/mol. The molecule has 0 amide bonds. The standard InChI is InChI=1S/C17H20BrNO/c1-2-10-19-12-15-11-16(8-9-17(15)18)20-13-14-6-4-3-5-7-14/h3-9,11,19H,2,10,12-13H2,1H3. The Balaban J connectivity index is 1.96. The van der Waals surface area contributed by atoms with Gasteiger partial charge in [0.25, 0.3) is 0 Å². The quantitative estimate of drug-likeness (QED) is 0.751. The molecule has 0 bridgehead atoms. The van der Waals surface area contributed by atoms with Gasteiger partial charge in [0.15, 0.2) is 0 Å². The van der Waals surface area contributed by atoms with Crippen LogP contribution in [-0.4, -0.2) is 6.54 Å². The number of benzene rings is 2. The number of rotatable bonds is 7. The summed E-state index contributed by atoms with van der Waals surface area (Å²) in [5.41, 5.74) is 2.41. The molecule has 1 N–H and O–H groups in total. The molecule has 0 heterocycles. The van der Waals surface area contributed by atoms with Crippen LogP contribution in [0, 0.1) is 0 Å². The molecule has 0 aromatic heterocycles. The van der Waals surface area contributed by atoms with Crippen LogP contribution >= 0.6 is 15.9 Å². The Bertz CT molecular complexity index is 528. The molecule has 0 aliphatic rings. The predicted octanol–water partition coefficient (Wildman–Crippen LogP) is 4.53. The van der Waals surface area contributed by atoms with Crippen molar-refractivity contribution in [2.24, 2.45) is 0 Å². The number of hydrogen-bond donors (Lipinski definition) is 1. The molecule has 0 aliphatic heterocycles. The van der Waals surface area contributed by atoms with Gasteiger partial charge in [0, 0.05) is 11.0 Å². The van der Waals surface area contributed by atoms with Crippen molar-refractivity contribution >= 4 is 15.9 Å². The van der Waals surface area contributed by atoms with Gasteiger partial charge in [0.05, 0.1) is 0 Å². The Labute approximate surface area is 129 Å². The van der Waals surface area contributed by atoms with E-state index in [9.17, 15) is 0 Å². The lowest BCUT2D eigenvalue weighted by atomic mass is 10.2. The average Bonchev–Trinajstić information content (AvgIpc) is 2.49. The molecule has 2 nitrogen and oxygen atoms in total. The zero-order valence-electron chi connectivity index (χ0n) is 11.7. The predicted molar refractivity (Wildman–Crippen MR) is 86.9 cm³/mol. The van der Waals surface area contributed by atoms with Crippen molar-refractivity contribution in [1.82, 2.24) is 5.32 Å². The van der Waals surface area contributed by atoms with E-state index in [1.165, 1.54) is 11.1 Å². The van der Waals surface area contributed by atoms with Crippen LogP contribution in [-0.2, 0) is 13.2 Å². The fourth-order valence-corrected chi connectivity index (χ4v) is 2.30. The summed E-state index contributed by atoms with van der Waals surface area (Å²) in [4.78, 5) is 0. The summed E-state index contributed by atoms with van der Waals surface area (Å²) in [6.07, 6.45) is 1.14. The highest BCUT2D eigenvalue weighted by atomic mass is 79.9. The normalized spacial score (nSPS) is 10.5. The van der Waals surface area contributed by atoms with Gasteiger partial charge in [0.2, 0.25) is 0 Å². The summed E-state index contributed by atoms with van der Waals surface area (Å²) < 4.78 is 6.96. The molecule has 20 heavy (non-hydrogen) atoms. The van der Waals surface area contributed by atoms with Gasteiger partial charge >= 0.3 is 0 Å². The van der Waals surface area contributed by atoms with Crippen LogP contribution in [0.2, 0.25) is 0 Å². The van der Waals surface area contributed by atoms with Gasteiger partial charge in [-0.1, -0.05) is 53.2 Å². The van der Waals surface area contributed by atoms with E-state index in [2.05, 4.69) is 46.4 Å². The van der Waals surface area contributed by atoms with Crippen molar-refractivity contribution in [3.05, 3.63) is 64.1 Å². The lowest BCUT2D eigenvalue weighted by Gasteiger charge is -2.10. The van der Waals surface area contributed by atoms with Gasteiger partial charge in [-0.3, -0.25) is 0 Å². The molecule has 0 saturated heterocycles. The minimum Gasteiger partial charge on any atom is -0.489 e. The largest absolute Gasteiger partial charge is 0.489 e. The van der Waals surface area contributed by atoms with Crippen molar-refractivity contribution in [1.29, 1.82) is 0 Å². The molecule has 0 spiro atoms. The highest BCUT2D eigenvalue weighted by Gasteiger charge is 2.03. The van der Waals surface area contributed by atoms with E-state index >= 15 is 0 Å². The maximum absolute atomic E-state index is 5.85. The van der Waals surface area contributed by atoms with Gasteiger partial charge in [0.1, 0.15) is 12.4 Å². The summed E-state index contributed by atoms with van der Waals surface area (Å²) in [5, 5.41) is 3.41. The van der Waals surface area contributed by atoms with E-state index in [1.54, 1.807) is 0 Å². The Kier molecular flexibility index (Phi) is 6.09. The number of halogens is 1. The van der Waals surface area contributed by atoms with Crippen molar-refractivity contribution in [2.45, 2.75) is 26.5 Å². The van der Waals surface area contributed by atoms with Gasteiger partial charge in [-0.05, 0) is 42.3 Å². The Morgan fingerprint density at radius 2 is 1.90 bits per heavy atom. The maximum atomic E-state index is 5.85. The molecule has 2 aromatic carbocycles. The Morgan fingerprint density at radius 3 is 2.65 bits per heavy atom. The molecule has 3 heteroatoms. The second kappa shape index (κ2) is 8.08. The first-order valence-electron chi connectivity index (χ1n) is 6.95. The van der Waals surface area contributed by atoms with Crippen molar-refractivity contribution < 1.29 is 4.74 Å². The molecule has 0 saturated carbocycles. The molecule has 106 valence electrons. The summed E-state index contributed by atoms with van der Waals surface area (Å²) in [5.74, 6) is 0.908. The highest BCUT2D eigenvalue weighted by molar-refractivity contribution is 9.10. The summed E-state index contributed by atoms with van der Waals surface area (Å²) in [7, 11) is 0.